The highest BCUT2D eigenvalue weighted by atomic mass is 16.7. The molecule has 11 unspecified atom stereocenters. The van der Waals surface area contributed by atoms with Crippen molar-refractivity contribution in [3.8, 4) is 0 Å². The maximum atomic E-state index is 15.3. The molecule has 12 atom stereocenters. The number of Topliss-reactive ketones (excluding diaryl/α,β-unsaturated/α-hetero) is 1. The number of ether oxygens (including phenoxy) is 5. The van der Waals surface area contributed by atoms with Crippen LogP contribution in [0.25, 0.3) is 0 Å². The van der Waals surface area contributed by atoms with Crippen molar-refractivity contribution in [1.29, 1.82) is 0 Å². The number of fused-ring (bicyclic) bond motifs is 5. The molecule has 1 amide bonds. The van der Waals surface area contributed by atoms with Gasteiger partial charge < -0.3 is 64.6 Å². The highest BCUT2D eigenvalue weighted by molar-refractivity contribution is 5.94. The number of ketones is 1. The largest absolute Gasteiger partial charge is 0.508 e. The standard InChI is InChI=1S/C45H52N4O17/c1-23-28(64-39(56)34(53)32(47-24(2)50)25-12-8-6-9-13-25)19-45(59)37(66-38(55)26-14-10-7-11-15-26)35-43(5,36(54)33(52)31(23)42(45,3)4)29(18-30-44(35,58)22-63-30)65-41(57)62-21-27(51)20-48-17-16-46-40(48)49(60)61/h6-17,27-30,32-35,37,51-53,58-59H,18-22H2,1-5H3,(H,47,50)/t27?,28?,29?,30?,32?,33?,34?,35?,37?,43-,44?,45?/m1/s1. The molecule has 66 heavy (non-hydrogen) atoms. The highest BCUT2D eigenvalue weighted by Crippen LogP contribution is 2.63. The van der Waals surface area contributed by atoms with E-state index in [1.165, 1.54) is 52.9 Å². The first-order valence-electron chi connectivity index (χ1n) is 21.2. The van der Waals surface area contributed by atoms with Gasteiger partial charge in [0.2, 0.25) is 5.91 Å². The number of aliphatic hydroxyl groups is 5. The third-order valence-corrected chi connectivity index (χ3v) is 13.8. The molecule has 3 aromatic rings. The molecule has 0 spiro atoms. The Bertz CT molecular complexity index is 2410. The van der Waals surface area contributed by atoms with Crippen LogP contribution in [0, 0.1) is 26.9 Å². The van der Waals surface area contributed by atoms with Gasteiger partial charge in [-0.1, -0.05) is 67.4 Å². The summed E-state index contributed by atoms with van der Waals surface area (Å²) in [6.07, 6.45) is -12.0. The molecule has 1 saturated heterocycles. The third-order valence-electron chi connectivity index (χ3n) is 13.8. The number of amides is 1. The van der Waals surface area contributed by atoms with Gasteiger partial charge in [0.15, 0.2) is 11.9 Å². The van der Waals surface area contributed by atoms with Gasteiger partial charge in [0.05, 0.1) is 29.7 Å². The van der Waals surface area contributed by atoms with E-state index in [-0.39, 0.29) is 23.1 Å². The van der Waals surface area contributed by atoms with Gasteiger partial charge in [-0.3, -0.25) is 9.59 Å². The van der Waals surface area contributed by atoms with Gasteiger partial charge in [-0.2, -0.15) is 0 Å². The number of imidazole rings is 1. The fourth-order valence-electron chi connectivity index (χ4n) is 10.3. The van der Waals surface area contributed by atoms with E-state index in [1.54, 1.807) is 48.5 Å². The van der Waals surface area contributed by atoms with Crippen LogP contribution in [0.2, 0.25) is 0 Å². The molecule has 2 aromatic carbocycles. The molecule has 6 N–H and O–H groups in total. The number of rotatable bonds is 13. The molecule has 354 valence electrons. The molecular formula is C45H52N4O17. The van der Waals surface area contributed by atoms with Gasteiger partial charge in [-0.15, -0.1) is 0 Å². The summed E-state index contributed by atoms with van der Waals surface area (Å²) in [5.41, 5.74) is -8.25. The topological polar surface area (TPSA) is 306 Å². The third kappa shape index (κ3) is 8.23. The molecule has 2 saturated carbocycles. The van der Waals surface area contributed by atoms with E-state index in [4.69, 9.17) is 23.7 Å². The molecule has 0 radical (unpaired) electrons. The van der Waals surface area contributed by atoms with Crippen LogP contribution in [0.3, 0.4) is 0 Å². The predicted molar refractivity (Wildman–Crippen MR) is 224 cm³/mol. The first-order chi connectivity index (χ1) is 31.1. The number of carbonyl (C=O) groups excluding carboxylic acids is 5. The summed E-state index contributed by atoms with van der Waals surface area (Å²) in [6, 6.07) is 14.4. The normalized spacial score (nSPS) is 31.2. The number of nitrogens with zero attached hydrogens (tertiary/aromatic N) is 3. The zero-order chi connectivity index (χ0) is 48.1. The lowest BCUT2D eigenvalue weighted by molar-refractivity contribution is -0.397. The number of carbonyl (C=O) groups is 5. The average molecular weight is 921 g/mol. The molecule has 21 heteroatoms. The predicted octanol–water partition coefficient (Wildman–Crippen LogP) is 1.63. The lowest BCUT2D eigenvalue weighted by Gasteiger charge is -2.67. The minimum atomic E-state index is -2.47. The minimum absolute atomic E-state index is 0.00739. The second-order valence-electron chi connectivity index (χ2n) is 18.0. The van der Waals surface area contributed by atoms with Gasteiger partial charge >= 0.3 is 24.0 Å². The number of benzene rings is 2. The molecule has 4 aliphatic rings. The summed E-state index contributed by atoms with van der Waals surface area (Å²) in [7, 11) is 0. The monoisotopic (exact) mass is 920 g/mol. The fraction of sp³-hybridized carbons (Fsp3) is 0.511. The van der Waals surface area contributed by atoms with E-state index in [0.29, 0.717) is 5.56 Å². The Morgan fingerprint density at radius 3 is 2.27 bits per heavy atom. The van der Waals surface area contributed by atoms with Gasteiger partial charge in [0, 0.05) is 31.1 Å². The average Bonchev–Trinajstić information content (AvgIpc) is 3.74. The van der Waals surface area contributed by atoms with E-state index < -0.39 is 144 Å². The van der Waals surface area contributed by atoms with Gasteiger partial charge in [-0.05, 0) is 47.6 Å². The van der Waals surface area contributed by atoms with E-state index >= 15 is 4.79 Å². The number of esters is 2. The number of nitro groups is 1. The Balaban J connectivity index is 1.28. The Morgan fingerprint density at radius 1 is 1.02 bits per heavy atom. The Labute approximate surface area is 377 Å². The lowest BCUT2D eigenvalue weighted by atomic mass is 9.44. The second kappa shape index (κ2) is 17.9. The van der Waals surface area contributed by atoms with Crippen LogP contribution in [0.1, 0.15) is 69.4 Å². The van der Waals surface area contributed by atoms with E-state index in [2.05, 4.69) is 10.3 Å². The Kier molecular flexibility index (Phi) is 13.0. The zero-order valence-electron chi connectivity index (χ0n) is 36.6. The van der Waals surface area contributed by atoms with Crippen molar-refractivity contribution in [2.24, 2.45) is 16.7 Å². The summed E-state index contributed by atoms with van der Waals surface area (Å²) in [6.45, 7) is 5.29. The smallest absolute Gasteiger partial charge is 0.456 e. The van der Waals surface area contributed by atoms with Gasteiger partial charge in [-0.25, -0.2) is 19.0 Å². The number of aliphatic hydroxyl groups excluding tert-OH is 3. The number of hydrogen-bond acceptors (Lipinski definition) is 18. The maximum Gasteiger partial charge on any atom is 0.508 e. The van der Waals surface area contributed by atoms with E-state index in [9.17, 15) is 54.8 Å². The molecule has 2 heterocycles. The van der Waals surface area contributed by atoms with Crippen molar-refractivity contribution in [2.75, 3.05) is 13.2 Å². The SMILES string of the molecule is CC(=O)NC(c1ccccc1)C(O)C(=O)OC1CC2(O)C(OC(=O)c3ccccc3)C3C4(O)COC4CC(OC(=O)OCC(O)Cn4ccnc4[N+](=O)[O-])[C@@]3(C)C(=O)C(O)C(=C1C)C2(C)C. The van der Waals surface area contributed by atoms with Crippen LogP contribution >= 0.6 is 0 Å². The molecule has 1 aromatic heterocycles. The van der Waals surface area contributed by atoms with Crippen LogP contribution < -0.4 is 5.32 Å². The summed E-state index contributed by atoms with van der Waals surface area (Å²) in [5.74, 6) is -6.21. The van der Waals surface area contributed by atoms with Crippen molar-refractivity contribution in [3.05, 3.63) is 105 Å². The Morgan fingerprint density at radius 2 is 1.67 bits per heavy atom. The number of aromatic nitrogens is 2. The van der Waals surface area contributed by atoms with Crippen LogP contribution in [0.5, 0.6) is 0 Å². The molecular weight excluding hydrogens is 869 g/mol. The van der Waals surface area contributed by atoms with E-state index in [1.807, 2.05) is 0 Å². The summed E-state index contributed by atoms with van der Waals surface area (Å²) in [5, 5.41) is 74.5. The summed E-state index contributed by atoms with van der Waals surface area (Å²) < 4.78 is 30.0. The van der Waals surface area contributed by atoms with Crippen molar-refractivity contribution in [3.63, 3.8) is 0 Å². The van der Waals surface area contributed by atoms with Crippen LogP contribution in [0.15, 0.2) is 84.2 Å². The van der Waals surface area contributed by atoms with E-state index in [0.717, 1.165) is 10.8 Å². The van der Waals surface area contributed by atoms with Crippen molar-refractivity contribution in [1.82, 2.24) is 14.9 Å². The summed E-state index contributed by atoms with van der Waals surface area (Å²) >= 11 is 0. The molecule has 1 aliphatic heterocycles. The zero-order valence-corrected chi connectivity index (χ0v) is 36.6. The molecule has 21 nitrogen and oxygen atoms in total. The quantitative estimate of drug-likeness (QED) is 0.0467. The number of hydrogen-bond donors (Lipinski definition) is 6. The second-order valence-corrected chi connectivity index (χ2v) is 18.0. The maximum absolute atomic E-state index is 15.3. The molecule has 2 bridgehead atoms. The van der Waals surface area contributed by atoms with Crippen molar-refractivity contribution >= 4 is 35.7 Å². The lowest BCUT2D eigenvalue weighted by Crippen LogP contribution is -2.81. The molecule has 7 rings (SSSR count). The number of nitrogens with one attached hydrogen (secondary N) is 1. The van der Waals surface area contributed by atoms with Crippen molar-refractivity contribution in [2.45, 2.75) is 114 Å². The summed E-state index contributed by atoms with van der Waals surface area (Å²) in [4.78, 5) is 83.4. The van der Waals surface area contributed by atoms with Gasteiger partial charge in [0.25, 0.3) is 0 Å². The molecule has 3 aliphatic carbocycles. The van der Waals surface area contributed by atoms with Gasteiger partial charge in [0.1, 0.15) is 67.3 Å². The van der Waals surface area contributed by atoms with Crippen LogP contribution in [0.4, 0.5) is 10.7 Å². The van der Waals surface area contributed by atoms with Crippen LogP contribution in [-0.4, -0.2) is 137 Å². The first kappa shape index (κ1) is 47.9. The molecule has 3 fully saturated rings. The minimum Gasteiger partial charge on any atom is -0.456 e. The Hall–Kier alpha value is -6.10. The highest BCUT2D eigenvalue weighted by Gasteiger charge is 2.77. The fourth-order valence-corrected chi connectivity index (χ4v) is 10.3. The first-order valence-corrected chi connectivity index (χ1v) is 21.2. The van der Waals surface area contributed by atoms with Crippen LogP contribution in [-0.2, 0) is 44.6 Å². The van der Waals surface area contributed by atoms with Crippen molar-refractivity contribution < 1.29 is 78.1 Å².